The van der Waals surface area contributed by atoms with Gasteiger partial charge in [0.1, 0.15) is 0 Å². The highest BCUT2D eigenvalue weighted by atomic mass is 16.5. The molecule has 2 bridgehead atoms. The van der Waals surface area contributed by atoms with Gasteiger partial charge in [-0.05, 0) is 12.8 Å². The highest BCUT2D eigenvalue weighted by Crippen LogP contribution is 2.25. The Morgan fingerprint density at radius 3 is 2.62 bits per heavy atom. The van der Waals surface area contributed by atoms with Crippen molar-refractivity contribution in [1.29, 1.82) is 0 Å². The van der Waals surface area contributed by atoms with E-state index in [1.807, 2.05) is 0 Å². The molecule has 13 heavy (non-hydrogen) atoms. The van der Waals surface area contributed by atoms with Crippen molar-refractivity contribution in [2.24, 2.45) is 5.73 Å². The number of nitrogens with zero attached hydrogens (tertiary/aromatic N) is 1. The minimum atomic E-state index is -0.334. The number of primary amides is 1. The molecule has 73 valence electrons. The Hall–Kier alpha value is -0.610. The molecule has 2 unspecified atom stereocenters. The number of carbonyl (C=O) groups is 1. The van der Waals surface area contributed by atoms with E-state index in [1.165, 1.54) is 6.42 Å². The summed E-state index contributed by atoms with van der Waals surface area (Å²) >= 11 is 0. The molecule has 4 heteroatoms. The van der Waals surface area contributed by atoms with Gasteiger partial charge in [-0.15, -0.1) is 0 Å². The molecular formula is C9H15N2O2. The third-order valence-electron chi connectivity index (χ3n) is 2.67. The molecule has 2 atom stereocenters. The van der Waals surface area contributed by atoms with E-state index >= 15 is 0 Å². The second-order valence-corrected chi connectivity index (χ2v) is 3.78. The third kappa shape index (κ3) is 2.19. The molecule has 2 aliphatic rings. The quantitative estimate of drug-likeness (QED) is 0.644. The van der Waals surface area contributed by atoms with Gasteiger partial charge in [0, 0.05) is 19.6 Å². The maximum atomic E-state index is 10.5. The van der Waals surface area contributed by atoms with Crippen LogP contribution in [-0.4, -0.2) is 42.6 Å². The van der Waals surface area contributed by atoms with Gasteiger partial charge in [-0.25, -0.2) is 0 Å². The van der Waals surface area contributed by atoms with Crippen LogP contribution in [0, 0.1) is 6.42 Å². The van der Waals surface area contributed by atoms with Gasteiger partial charge in [0.2, 0.25) is 5.91 Å². The molecule has 0 aromatic rings. The first-order chi connectivity index (χ1) is 6.24. The van der Waals surface area contributed by atoms with Gasteiger partial charge in [-0.1, -0.05) is 0 Å². The number of ether oxygens (including phenoxy) is 1. The highest BCUT2D eigenvalue weighted by Gasteiger charge is 2.33. The molecule has 4 nitrogen and oxygen atoms in total. The minimum Gasteiger partial charge on any atom is -0.372 e. The summed E-state index contributed by atoms with van der Waals surface area (Å²) in [5.41, 5.74) is 5.04. The average Bonchev–Trinajstić information content (AvgIpc) is 2.42. The smallest absolute Gasteiger partial charge is 0.222 e. The summed E-state index contributed by atoms with van der Waals surface area (Å²) in [6, 6.07) is 0. The number of amides is 1. The van der Waals surface area contributed by atoms with E-state index in [2.05, 4.69) is 4.90 Å². The number of morpholine rings is 1. The van der Waals surface area contributed by atoms with Crippen LogP contribution in [0.3, 0.4) is 0 Å². The number of hydrogen-bond donors (Lipinski definition) is 1. The largest absolute Gasteiger partial charge is 0.372 e. The summed E-state index contributed by atoms with van der Waals surface area (Å²) in [6.45, 7) is 2.56. The molecule has 2 heterocycles. The number of fused-ring (bicyclic) bond motifs is 2. The second kappa shape index (κ2) is 3.64. The van der Waals surface area contributed by atoms with Gasteiger partial charge < -0.3 is 10.5 Å². The van der Waals surface area contributed by atoms with E-state index in [4.69, 9.17) is 10.5 Å². The maximum Gasteiger partial charge on any atom is 0.222 e. The molecule has 2 saturated heterocycles. The Balaban J connectivity index is 1.78. The summed E-state index contributed by atoms with van der Waals surface area (Å²) in [4.78, 5) is 12.8. The molecule has 2 fully saturated rings. The van der Waals surface area contributed by atoms with Crippen molar-refractivity contribution in [3.63, 3.8) is 0 Å². The molecule has 2 aliphatic heterocycles. The van der Waals surface area contributed by atoms with Crippen molar-refractivity contribution in [1.82, 2.24) is 4.90 Å². The first kappa shape index (κ1) is 8.97. The van der Waals surface area contributed by atoms with Crippen molar-refractivity contribution < 1.29 is 9.53 Å². The van der Waals surface area contributed by atoms with E-state index in [9.17, 15) is 4.79 Å². The van der Waals surface area contributed by atoms with E-state index in [1.54, 1.807) is 0 Å². The van der Waals surface area contributed by atoms with Crippen LogP contribution in [0.1, 0.15) is 12.8 Å². The lowest BCUT2D eigenvalue weighted by Crippen LogP contribution is -2.43. The van der Waals surface area contributed by atoms with E-state index in [0.717, 1.165) is 25.9 Å². The molecule has 2 N–H and O–H groups in total. The fraction of sp³-hybridized carbons (Fsp3) is 0.778. The molecule has 0 aliphatic carbocycles. The Labute approximate surface area is 78.0 Å². The zero-order valence-electron chi connectivity index (χ0n) is 7.61. The summed E-state index contributed by atoms with van der Waals surface area (Å²) in [6.07, 6.45) is 4.64. The van der Waals surface area contributed by atoms with Gasteiger partial charge in [-0.3, -0.25) is 9.69 Å². The van der Waals surface area contributed by atoms with Crippen molar-refractivity contribution in [2.75, 3.05) is 19.6 Å². The number of hydrogen-bond acceptors (Lipinski definition) is 3. The minimum absolute atomic E-state index is 0.334. The van der Waals surface area contributed by atoms with Crippen LogP contribution in [0.15, 0.2) is 0 Å². The molecule has 1 radical (unpaired) electrons. The fourth-order valence-corrected chi connectivity index (χ4v) is 2.07. The van der Waals surface area contributed by atoms with Crippen molar-refractivity contribution in [3.8, 4) is 0 Å². The van der Waals surface area contributed by atoms with E-state index in [0.29, 0.717) is 18.8 Å². The van der Waals surface area contributed by atoms with Crippen LogP contribution in [0.2, 0.25) is 0 Å². The van der Waals surface area contributed by atoms with Gasteiger partial charge in [0.15, 0.2) is 0 Å². The Bertz CT molecular complexity index is 196. The SMILES string of the molecule is NC(=O)[CH]CN1CC2CCC(C1)O2. The van der Waals surface area contributed by atoms with Crippen LogP contribution >= 0.6 is 0 Å². The predicted molar refractivity (Wildman–Crippen MR) is 47.8 cm³/mol. The molecule has 0 saturated carbocycles. The lowest BCUT2D eigenvalue weighted by molar-refractivity contribution is -0.115. The molecule has 2 rings (SSSR count). The maximum absolute atomic E-state index is 10.5. The Morgan fingerprint density at radius 1 is 1.46 bits per heavy atom. The zero-order valence-corrected chi connectivity index (χ0v) is 7.61. The van der Waals surface area contributed by atoms with Gasteiger partial charge in [-0.2, -0.15) is 0 Å². The molecular weight excluding hydrogens is 168 g/mol. The standard InChI is InChI=1S/C9H15N2O2/c10-9(12)3-4-11-5-7-1-2-8(6-11)13-7/h3,7-8H,1-2,4-6H2,(H2,10,12). The topological polar surface area (TPSA) is 55.6 Å². The van der Waals surface area contributed by atoms with Crippen molar-refractivity contribution >= 4 is 5.91 Å². The highest BCUT2D eigenvalue weighted by molar-refractivity contribution is 5.83. The number of rotatable bonds is 3. The first-order valence-corrected chi connectivity index (χ1v) is 4.74. The predicted octanol–water partition coefficient (Wildman–Crippen LogP) is -0.461. The summed E-state index contributed by atoms with van der Waals surface area (Å²) < 4.78 is 5.66. The van der Waals surface area contributed by atoms with Crippen LogP contribution < -0.4 is 5.73 Å². The Morgan fingerprint density at radius 2 is 2.08 bits per heavy atom. The van der Waals surface area contributed by atoms with Gasteiger partial charge >= 0.3 is 0 Å². The van der Waals surface area contributed by atoms with Gasteiger partial charge in [0.25, 0.3) is 0 Å². The average molecular weight is 183 g/mol. The lowest BCUT2D eigenvalue weighted by Gasteiger charge is -2.31. The Kier molecular flexibility index (Phi) is 2.51. The van der Waals surface area contributed by atoms with Crippen LogP contribution in [0.4, 0.5) is 0 Å². The van der Waals surface area contributed by atoms with E-state index < -0.39 is 0 Å². The summed E-state index contributed by atoms with van der Waals surface area (Å²) in [7, 11) is 0. The van der Waals surface area contributed by atoms with Crippen LogP contribution in [0.25, 0.3) is 0 Å². The van der Waals surface area contributed by atoms with Crippen molar-refractivity contribution in [2.45, 2.75) is 25.0 Å². The van der Waals surface area contributed by atoms with Gasteiger partial charge in [0.05, 0.1) is 18.6 Å². The second-order valence-electron chi connectivity index (χ2n) is 3.78. The number of nitrogens with two attached hydrogens (primary N) is 1. The molecule has 0 aromatic carbocycles. The molecule has 0 spiro atoms. The molecule has 0 aromatic heterocycles. The van der Waals surface area contributed by atoms with Crippen molar-refractivity contribution in [3.05, 3.63) is 6.42 Å². The first-order valence-electron chi connectivity index (χ1n) is 4.74. The normalized spacial score (nSPS) is 33.5. The summed E-state index contributed by atoms with van der Waals surface area (Å²) in [5.74, 6) is -0.334. The fourth-order valence-electron chi connectivity index (χ4n) is 2.07. The van der Waals surface area contributed by atoms with Crippen LogP contribution in [0.5, 0.6) is 0 Å². The monoisotopic (exact) mass is 183 g/mol. The number of carbonyl (C=O) groups excluding carboxylic acids is 1. The lowest BCUT2D eigenvalue weighted by atomic mass is 10.2. The third-order valence-corrected chi connectivity index (χ3v) is 2.67. The molecule has 1 amide bonds. The van der Waals surface area contributed by atoms with E-state index in [-0.39, 0.29) is 5.91 Å². The zero-order chi connectivity index (χ0) is 9.26. The number of likely N-dealkylation sites (tertiary alicyclic amines) is 1. The summed E-state index contributed by atoms with van der Waals surface area (Å²) in [5, 5.41) is 0. The van der Waals surface area contributed by atoms with Crippen LogP contribution in [-0.2, 0) is 9.53 Å².